The molecule has 0 saturated carbocycles. The molecule has 0 spiro atoms. The Hall–Kier alpha value is -0.610. The van der Waals surface area contributed by atoms with Crippen LogP contribution in [-0.2, 0) is 4.79 Å². The lowest BCUT2D eigenvalue weighted by Gasteiger charge is -2.31. The van der Waals surface area contributed by atoms with E-state index in [9.17, 15) is 4.79 Å². The Kier molecular flexibility index (Phi) is 6.60. The molecule has 0 bridgehead atoms. The highest BCUT2D eigenvalue weighted by molar-refractivity contribution is 5.78. The van der Waals surface area contributed by atoms with E-state index in [1.54, 1.807) is 14.0 Å². The summed E-state index contributed by atoms with van der Waals surface area (Å²) in [4.78, 5) is 13.4. The molecule has 0 aromatic carbocycles. The zero-order chi connectivity index (χ0) is 12.8. The van der Waals surface area contributed by atoms with Crippen LogP contribution in [0.3, 0.4) is 0 Å². The maximum Gasteiger partial charge on any atom is 0.323 e. The van der Waals surface area contributed by atoms with Gasteiger partial charge < -0.3 is 15.3 Å². The number of rotatable bonds is 8. The highest BCUT2D eigenvalue weighted by Gasteiger charge is 2.31. The fourth-order valence-corrected chi connectivity index (χ4v) is 1.62. The molecule has 0 amide bonds. The summed E-state index contributed by atoms with van der Waals surface area (Å²) in [5, 5.41) is 12.0. The van der Waals surface area contributed by atoms with Crippen LogP contribution in [0.25, 0.3) is 0 Å². The number of likely N-dealkylation sites (N-methyl/N-ethyl adjacent to an activating group) is 1. The van der Waals surface area contributed by atoms with Crippen molar-refractivity contribution in [3.8, 4) is 0 Å². The van der Waals surface area contributed by atoms with Gasteiger partial charge in [-0.1, -0.05) is 6.92 Å². The fraction of sp³-hybridized carbons (Fsp3) is 0.917. The molecule has 0 aliphatic rings. The first kappa shape index (κ1) is 15.4. The second kappa shape index (κ2) is 6.86. The van der Waals surface area contributed by atoms with E-state index in [1.807, 2.05) is 0 Å². The average molecular weight is 230 g/mol. The molecule has 1 unspecified atom stereocenters. The summed E-state index contributed by atoms with van der Waals surface area (Å²) >= 11 is 0. The molecule has 0 fully saturated rings. The van der Waals surface area contributed by atoms with Gasteiger partial charge in [-0.05, 0) is 47.2 Å². The van der Waals surface area contributed by atoms with Crippen LogP contribution in [0.15, 0.2) is 0 Å². The standard InChI is InChI=1S/C12H26N2O2/c1-6-8-14(10(2)3)9-7-12(4,13-5)11(15)16/h10,13H,6-9H2,1-5H3,(H,15,16). The lowest BCUT2D eigenvalue weighted by Crippen LogP contribution is -2.50. The number of carboxylic acid groups (broad SMARTS) is 1. The van der Waals surface area contributed by atoms with Gasteiger partial charge in [-0.25, -0.2) is 0 Å². The topological polar surface area (TPSA) is 52.6 Å². The third-order valence-electron chi connectivity index (χ3n) is 3.16. The summed E-state index contributed by atoms with van der Waals surface area (Å²) in [6, 6.07) is 0.467. The molecule has 2 N–H and O–H groups in total. The minimum Gasteiger partial charge on any atom is -0.480 e. The van der Waals surface area contributed by atoms with Gasteiger partial charge in [-0.15, -0.1) is 0 Å². The molecule has 96 valence electrons. The second-order valence-corrected chi connectivity index (χ2v) is 4.77. The third-order valence-corrected chi connectivity index (χ3v) is 3.16. The van der Waals surface area contributed by atoms with Gasteiger partial charge in [0.1, 0.15) is 5.54 Å². The second-order valence-electron chi connectivity index (χ2n) is 4.77. The van der Waals surface area contributed by atoms with Crippen LogP contribution in [0.4, 0.5) is 0 Å². The van der Waals surface area contributed by atoms with E-state index in [2.05, 4.69) is 31.0 Å². The zero-order valence-electron chi connectivity index (χ0n) is 11.2. The first-order valence-corrected chi connectivity index (χ1v) is 6.03. The predicted molar refractivity (Wildman–Crippen MR) is 66.7 cm³/mol. The lowest BCUT2D eigenvalue weighted by molar-refractivity contribution is -0.144. The van der Waals surface area contributed by atoms with Gasteiger partial charge in [0.2, 0.25) is 0 Å². The zero-order valence-corrected chi connectivity index (χ0v) is 11.2. The molecule has 4 nitrogen and oxygen atoms in total. The highest BCUT2D eigenvalue weighted by atomic mass is 16.4. The molecular formula is C12H26N2O2. The van der Waals surface area contributed by atoms with Crippen molar-refractivity contribution in [3.05, 3.63) is 0 Å². The molecule has 0 radical (unpaired) electrons. The van der Waals surface area contributed by atoms with Crippen LogP contribution in [0, 0.1) is 0 Å². The lowest BCUT2D eigenvalue weighted by atomic mass is 9.97. The SMILES string of the molecule is CCCN(CCC(C)(NC)C(=O)O)C(C)C. The van der Waals surface area contributed by atoms with Crippen molar-refractivity contribution < 1.29 is 9.90 Å². The van der Waals surface area contributed by atoms with E-state index < -0.39 is 11.5 Å². The maximum atomic E-state index is 11.1. The summed E-state index contributed by atoms with van der Waals surface area (Å²) < 4.78 is 0. The third kappa shape index (κ3) is 4.49. The van der Waals surface area contributed by atoms with Gasteiger partial charge in [0.05, 0.1) is 0 Å². The van der Waals surface area contributed by atoms with E-state index in [-0.39, 0.29) is 0 Å². The molecule has 0 rings (SSSR count). The Morgan fingerprint density at radius 1 is 1.44 bits per heavy atom. The summed E-state index contributed by atoms with van der Waals surface area (Å²) in [6.07, 6.45) is 1.72. The van der Waals surface area contributed by atoms with E-state index >= 15 is 0 Å². The van der Waals surface area contributed by atoms with Crippen LogP contribution in [0.5, 0.6) is 0 Å². The largest absolute Gasteiger partial charge is 0.480 e. The molecule has 0 aromatic heterocycles. The molecule has 4 heteroatoms. The van der Waals surface area contributed by atoms with Crippen molar-refractivity contribution >= 4 is 5.97 Å². The summed E-state index contributed by atoms with van der Waals surface area (Å²) in [5.41, 5.74) is -0.819. The quantitative estimate of drug-likeness (QED) is 0.664. The molecule has 0 aliphatic carbocycles. The smallest absolute Gasteiger partial charge is 0.323 e. The average Bonchev–Trinajstić information content (AvgIpc) is 2.22. The fourth-order valence-electron chi connectivity index (χ4n) is 1.62. The van der Waals surface area contributed by atoms with Crippen molar-refractivity contribution in [2.24, 2.45) is 0 Å². The minimum absolute atomic E-state index is 0.467. The molecule has 0 aliphatic heterocycles. The Balaban J connectivity index is 4.32. The monoisotopic (exact) mass is 230 g/mol. The summed E-state index contributed by atoms with van der Waals surface area (Å²) in [6.45, 7) is 10.0. The minimum atomic E-state index is -0.819. The number of hydrogen-bond acceptors (Lipinski definition) is 3. The Labute approximate surface area is 99.0 Å². The van der Waals surface area contributed by atoms with Crippen LogP contribution in [0.1, 0.15) is 40.5 Å². The van der Waals surface area contributed by atoms with Gasteiger partial charge >= 0.3 is 5.97 Å². The van der Waals surface area contributed by atoms with Crippen molar-refractivity contribution in [1.29, 1.82) is 0 Å². The number of nitrogens with zero attached hydrogens (tertiary/aromatic N) is 1. The molecular weight excluding hydrogens is 204 g/mol. The maximum absolute atomic E-state index is 11.1. The molecule has 16 heavy (non-hydrogen) atoms. The molecule has 1 atom stereocenters. The summed E-state index contributed by atoms with van der Waals surface area (Å²) in [5.74, 6) is -0.782. The van der Waals surface area contributed by atoms with Crippen LogP contribution < -0.4 is 5.32 Å². The highest BCUT2D eigenvalue weighted by Crippen LogP contribution is 2.12. The van der Waals surface area contributed by atoms with Gasteiger partial charge in [-0.2, -0.15) is 0 Å². The number of nitrogens with one attached hydrogen (secondary N) is 1. The van der Waals surface area contributed by atoms with Gasteiger partial charge in [0.25, 0.3) is 0 Å². The van der Waals surface area contributed by atoms with Crippen molar-refractivity contribution in [3.63, 3.8) is 0 Å². The van der Waals surface area contributed by atoms with Gasteiger partial charge in [0, 0.05) is 12.6 Å². The molecule has 0 heterocycles. The normalized spacial score (nSPS) is 15.4. The Morgan fingerprint density at radius 2 is 2.00 bits per heavy atom. The number of carbonyl (C=O) groups is 1. The van der Waals surface area contributed by atoms with Crippen LogP contribution in [-0.4, -0.2) is 47.7 Å². The number of carboxylic acids is 1. The molecule has 0 saturated heterocycles. The van der Waals surface area contributed by atoms with Crippen molar-refractivity contribution in [1.82, 2.24) is 10.2 Å². The van der Waals surface area contributed by atoms with Gasteiger partial charge in [0.15, 0.2) is 0 Å². The number of aliphatic carboxylic acids is 1. The van der Waals surface area contributed by atoms with E-state index in [0.717, 1.165) is 19.5 Å². The van der Waals surface area contributed by atoms with Crippen molar-refractivity contribution in [2.75, 3.05) is 20.1 Å². The first-order valence-electron chi connectivity index (χ1n) is 6.03. The van der Waals surface area contributed by atoms with E-state index in [4.69, 9.17) is 5.11 Å². The van der Waals surface area contributed by atoms with E-state index in [1.165, 1.54) is 0 Å². The first-order chi connectivity index (χ1) is 7.37. The summed E-state index contributed by atoms with van der Waals surface area (Å²) in [7, 11) is 1.70. The Bertz CT molecular complexity index is 219. The van der Waals surface area contributed by atoms with Crippen LogP contribution in [0.2, 0.25) is 0 Å². The molecule has 0 aromatic rings. The predicted octanol–water partition coefficient (Wildman–Crippen LogP) is 1.56. The Morgan fingerprint density at radius 3 is 2.31 bits per heavy atom. The van der Waals surface area contributed by atoms with Gasteiger partial charge in [-0.3, -0.25) is 4.79 Å². The van der Waals surface area contributed by atoms with Crippen molar-refractivity contribution in [2.45, 2.75) is 52.1 Å². The van der Waals surface area contributed by atoms with Crippen LogP contribution >= 0.6 is 0 Å². The number of hydrogen-bond donors (Lipinski definition) is 2. The van der Waals surface area contributed by atoms with E-state index in [0.29, 0.717) is 12.5 Å².